The Morgan fingerprint density at radius 3 is 2.59 bits per heavy atom. The molecule has 5 heteroatoms. The molecule has 112 valence electrons. The fraction of sp³-hybridized carbons (Fsp3) is 0.176. The molecule has 0 spiro atoms. The molecular formula is C17H16FN3S. The standard InChI is InChI=1S/C17H16FN3S/c1-21-17(19-11-13-7-3-2-4-8-13)22-12-16(20-21)14-9-5-6-10-15(14)18/h2-10H,11-12H2,1H3. The second-order valence-electron chi connectivity index (χ2n) is 4.92. The lowest BCUT2D eigenvalue weighted by Crippen LogP contribution is -2.28. The van der Waals surface area contributed by atoms with Crippen LogP contribution in [-0.2, 0) is 6.54 Å². The molecule has 0 unspecified atom stereocenters. The molecule has 0 atom stereocenters. The first kappa shape index (κ1) is 14.8. The van der Waals surface area contributed by atoms with Crippen LogP contribution in [0.4, 0.5) is 4.39 Å². The third kappa shape index (κ3) is 3.36. The van der Waals surface area contributed by atoms with E-state index in [1.54, 1.807) is 28.9 Å². The van der Waals surface area contributed by atoms with E-state index in [9.17, 15) is 4.39 Å². The summed E-state index contributed by atoms with van der Waals surface area (Å²) in [7, 11) is 1.84. The maximum atomic E-state index is 13.8. The van der Waals surface area contributed by atoms with Crippen molar-refractivity contribution in [1.82, 2.24) is 5.01 Å². The Hall–Kier alpha value is -2.14. The normalized spacial score (nSPS) is 16.7. The lowest BCUT2D eigenvalue weighted by Gasteiger charge is -2.22. The van der Waals surface area contributed by atoms with E-state index in [2.05, 4.69) is 10.1 Å². The van der Waals surface area contributed by atoms with Crippen molar-refractivity contribution in [1.29, 1.82) is 0 Å². The molecule has 0 bridgehead atoms. The second-order valence-corrected chi connectivity index (χ2v) is 5.87. The van der Waals surface area contributed by atoms with Crippen LogP contribution >= 0.6 is 11.8 Å². The lowest BCUT2D eigenvalue weighted by molar-refractivity contribution is 0.548. The van der Waals surface area contributed by atoms with E-state index in [4.69, 9.17) is 0 Å². The fourth-order valence-corrected chi connectivity index (χ4v) is 3.06. The molecule has 3 rings (SSSR count). The molecule has 0 radical (unpaired) electrons. The van der Waals surface area contributed by atoms with Crippen LogP contribution in [-0.4, -0.2) is 28.7 Å². The summed E-state index contributed by atoms with van der Waals surface area (Å²) in [6.07, 6.45) is 0. The first-order valence-electron chi connectivity index (χ1n) is 7.01. The summed E-state index contributed by atoms with van der Waals surface area (Å²) in [5.74, 6) is 0.388. The molecule has 0 aromatic heterocycles. The molecule has 1 aliphatic heterocycles. The summed E-state index contributed by atoms with van der Waals surface area (Å²) in [4.78, 5) is 4.59. The van der Waals surface area contributed by atoms with E-state index in [0.717, 1.165) is 16.4 Å². The van der Waals surface area contributed by atoms with Crippen molar-refractivity contribution in [3.05, 3.63) is 71.5 Å². The molecule has 3 nitrogen and oxygen atoms in total. The highest BCUT2D eigenvalue weighted by Gasteiger charge is 2.19. The molecule has 2 aromatic rings. The van der Waals surface area contributed by atoms with Crippen molar-refractivity contribution in [3.63, 3.8) is 0 Å². The van der Waals surface area contributed by atoms with E-state index in [-0.39, 0.29) is 5.82 Å². The number of hydrogen-bond donors (Lipinski definition) is 0. The van der Waals surface area contributed by atoms with Gasteiger partial charge < -0.3 is 0 Å². The molecule has 0 amide bonds. The average Bonchev–Trinajstić information content (AvgIpc) is 2.55. The quantitative estimate of drug-likeness (QED) is 0.863. The Labute approximate surface area is 133 Å². The number of rotatable bonds is 3. The summed E-state index contributed by atoms with van der Waals surface area (Å²) in [6.45, 7) is 0.623. The van der Waals surface area contributed by atoms with Gasteiger partial charge in [-0.3, -0.25) is 4.99 Å². The van der Waals surface area contributed by atoms with Gasteiger partial charge in [-0.1, -0.05) is 60.3 Å². The zero-order valence-electron chi connectivity index (χ0n) is 12.2. The number of hydrogen-bond acceptors (Lipinski definition) is 3. The van der Waals surface area contributed by atoms with Gasteiger partial charge in [0.15, 0.2) is 5.17 Å². The van der Waals surface area contributed by atoms with Gasteiger partial charge >= 0.3 is 0 Å². The van der Waals surface area contributed by atoms with E-state index in [1.807, 2.05) is 43.4 Å². The number of amidine groups is 1. The summed E-state index contributed by atoms with van der Waals surface area (Å²) in [5, 5.41) is 7.04. The van der Waals surface area contributed by atoms with Gasteiger partial charge in [-0.25, -0.2) is 9.40 Å². The minimum absolute atomic E-state index is 0.236. The smallest absolute Gasteiger partial charge is 0.180 e. The van der Waals surface area contributed by atoms with Crippen LogP contribution in [0.15, 0.2) is 64.7 Å². The maximum absolute atomic E-state index is 13.8. The van der Waals surface area contributed by atoms with Crippen molar-refractivity contribution in [2.45, 2.75) is 6.54 Å². The van der Waals surface area contributed by atoms with Crippen molar-refractivity contribution in [2.24, 2.45) is 10.1 Å². The van der Waals surface area contributed by atoms with Gasteiger partial charge in [0.2, 0.25) is 0 Å². The van der Waals surface area contributed by atoms with Gasteiger partial charge in [0, 0.05) is 18.4 Å². The highest BCUT2D eigenvalue weighted by molar-refractivity contribution is 8.14. The van der Waals surface area contributed by atoms with E-state index in [0.29, 0.717) is 17.9 Å². The summed E-state index contributed by atoms with van der Waals surface area (Å²) in [6, 6.07) is 16.8. The van der Waals surface area contributed by atoms with Crippen LogP contribution < -0.4 is 0 Å². The van der Waals surface area contributed by atoms with Gasteiger partial charge in [0.1, 0.15) is 5.82 Å². The Morgan fingerprint density at radius 2 is 1.86 bits per heavy atom. The first-order valence-corrected chi connectivity index (χ1v) is 8.00. The second kappa shape index (κ2) is 6.75. The number of thioether (sulfide) groups is 1. The Balaban J connectivity index is 1.76. The molecule has 1 aliphatic rings. The molecule has 22 heavy (non-hydrogen) atoms. The minimum atomic E-state index is -0.236. The molecule has 0 saturated carbocycles. The molecule has 0 fully saturated rings. The van der Waals surface area contributed by atoms with Crippen LogP contribution in [0.1, 0.15) is 11.1 Å². The molecule has 0 aliphatic carbocycles. The topological polar surface area (TPSA) is 28.0 Å². The van der Waals surface area contributed by atoms with Crippen LogP contribution in [0.5, 0.6) is 0 Å². The van der Waals surface area contributed by atoms with Crippen LogP contribution in [0, 0.1) is 5.82 Å². The number of halogens is 1. The van der Waals surface area contributed by atoms with Crippen LogP contribution in [0.2, 0.25) is 0 Å². The predicted molar refractivity (Wildman–Crippen MR) is 90.7 cm³/mol. The average molecular weight is 313 g/mol. The van der Waals surface area contributed by atoms with Gasteiger partial charge in [-0.05, 0) is 11.6 Å². The van der Waals surface area contributed by atoms with E-state index >= 15 is 0 Å². The van der Waals surface area contributed by atoms with Gasteiger partial charge in [-0.2, -0.15) is 5.10 Å². The van der Waals surface area contributed by atoms with Gasteiger partial charge in [0.05, 0.1) is 12.3 Å². The number of hydrazone groups is 1. The zero-order chi connectivity index (χ0) is 15.4. The summed E-state index contributed by atoms with van der Waals surface area (Å²) in [5.41, 5.74) is 2.46. The van der Waals surface area contributed by atoms with Crippen LogP contribution in [0.25, 0.3) is 0 Å². The summed E-state index contributed by atoms with van der Waals surface area (Å²) >= 11 is 1.58. The number of nitrogens with zero attached hydrogens (tertiary/aromatic N) is 3. The van der Waals surface area contributed by atoms with Crippen molar-refractivity contribution in [2.75, 3.05) is 12.8 Å². The number of aliphatic imine (C=N–C) groups is 1. The Kier molecular flexibility index (Phi) is 4.53. The molecular weight excluding hydrogens is 297 g/mol. The maximum Gasteiger partial charge on any atom is 0.180 e. The van der Waals surface area contributed by atoms with Gasteiger partial charge in [0.25, 0.3) is 0 Å². The van der Waals surface area contributed by atoms with Crippen molar-refractivity contribution >= 4 is 22.6 Å². The van der Waals surface area contributed by atoms with Crippen molar-refractivity contribution < 1.29 is 4.39 Å². The van der Waals surface area contributed by atoms with Crippen LogP contribution in [0.3, 0.4) is 0 Å². The first-order chi connectivity index (χ1) is 10.7. The monoisotopic (exact) mass is 313 g/mol. The molecule has 0 N–H and O–H groups in total. The van der Waals surface area contributed by atoms with Crippen molar-refractivity contribution in [3.8, 4) is 0 Å². The lowest BCUT2D eigenvalue weighted by atomic mass is 10.1. The predicted octanol–water partition coefficient (Wildman–Crippen LogP) is 3.76. The molecule has 2 aromatic carbocycles. The Morgan fingerprint density at radius 1 is 1.14 bits per heavy atom. The van der Waals surface area contributed by atoms with E-state index < -0.39 is 0 Å². The Bertz CT molecular complexity index is 713. The summed E-state index contributed by atoms with van der Waals surface area (Å²) < 4.78 is 13.8. The zero-order valence-corrected chi connectivity index (χ0v) is 13.1. The van der Waals surface area contributed by atoms with E-state index in [1.165, 1.54) is 6.07 Å². The largest absolute Gasteiger partial charge is 0.256 e. The third-order valence-corrected chi connectivity index (χ3v) is 4.38. The van der Waals surface area contributed by atoms with Gasteiger partial charge in [-0.15, -0.1) is 0 Å². The fourth-order valence-electron chi connectivity index (χ4n) is 2.20. The molecule has 0 saturated heterocycles. The highest BCUT2D eigenvalue weighted by Crippen LogP contribution is 2.20. The minimum Gasteiger partial charge on any atom is -0.256 e. The highest BCUT2D eigenvalue weighted by atomic mass is 32.2. The number of benzene rings is 2. The third-order valence-electron chi connectivity index (χ3n) is 3.31. The molecule has 1 heterocycles. The SMILES string of the molecule is CN1N=C(c2ccccc2F)CSC1=NCc1ccccc1.